The van der Waals surface area contributed by atoms with Crippen molar-refractivity contribution in [2.24, 2.45) is 0 Å². The zero-order valence-electron chi connectivity index (χ0n) is 18.0. The Balaban J connectivity index is 2.14. The first-order valence-electron chi connectivity index (χ1n) is 9.06. The molecule has 2 rings (SSSR count). The molecule has 0 aliphatic heterocycles. The van der Waals surface area contributed by atoms with E-state index < -0.39 is 0 Å². The molecule has 0 bridgehead atoms. The summed E-state index contributed by atoms with van der Waals surface area (Å²) in [6, 6.07) is 7.09. The molecule has 30 heavy (non-hydrogen) atoms. The van der Waals surface area contributed by atoms with Crippen LogP contribution in [-0.4, -0.2) is 48.6 Å². The maximum atomic E-state index is 12.3. The number of amides is 1. The summed E-state index contributed by atoms with van der Waals surface area (Å²) in [5, 5.41) is 2.82. The number of hydrogen-bond acceptors (Lipinski definition) is 7. The van der Waals surface area contributed by atoms with Crippen molar-refractivity contribution in [3.05, 3.63) is 41.5 Å². The molecule has 2 aromatic carbocycles. The second-order valence-electron chi connectivity index (χ2n) is 6.01. The predicted octanol–water partition coefficient (Wildman–Crippen LogP) is 3.07. The van der Waals surface area contributed by atoms with Gasteiger partial charge < -0.3 is 33.7 Å². The summed E-state index contributed by atoms with van der Waals surface area (Å²) < 4.78 is 32.0. The lowest BCUT2D eigenvalue weighted by Crippen LogP contribution is -2.20. The summed E-state index contributed by atoms with van der Waals surface area (Å²) in [6.07, 6.45) is 3.06. The van der Waals surface area contributed by atoms with Crippen LogP contribution in [0.5, 0.6) is 34.5 Å². The smallest absolute Gasteiger partial charge is 0.244 e. The molecule has 0 unspecified atom stereocenters. The van der Waals surface area contributed by atoms with Gasteiger partial charge in [0.2, 0.25) is 17.4 Å². The second-order valence-corrected chi connectivity index (χ2v) is 6.01. The average molecular weight is 417 g/mol. The zero-order chi connectivity index (χ0) is 22.1. The topological polar surface area (TPSA) is 84.5 Å². The van der Waals surface area contributed by atoms with Crippen LogP contribution in [0.25, 0.3) is 6.08 Å². The molecule has 0 aliphatic carbocycles. The number of carbonyl (C=O) groups is 1. The number of ether oxygens (including phenoxy) is 6. The third kappa shape index (κ3) is 5.08. The molecule has 1 amide bonds. The fourth-order valence-electron chi connectivity index (χ4n) is 2.91. The van der Waals surface area contributed by atoms with Gasteiger partial charge in [-0.2, -0.15) is 0 Å². The van der Waals surface area contributed by atoms with Crippen molar-refractivity contribution in [3.63, 3.8) is 0 Å². The lowest BCUT2D eigenvalue weighted by molar-refractivity contribution is -0.116. The van der Waals surface area contributed by atoms with Crippen LogP contribution in [0.15, 0.2) is 30.3 Å². The minimum Gasteiger partial charge on any atom is -0.493 e. The van der Waals surface area contributed by atoms with Crippen LogP contribution >= 0.6 is 0 Å². The Morgan fingerprint density at radius 1 is 0.767 bits per heavy atom. The van der Waals surface area contributed by atoms with Crippen LogP contribution in [0.1, 0.15) is 11.1 Å². The Morgan fingerprint density at radius 3 is 1.83 bits per heavy atom. The van der Waals surface area contributed by atoms with E-state index in [0.29, 0.717) is 40.1 Å². The zero-order valence-corrected chi connectivity index (χ0v) is 18.0. The van der Waals surface area contributed by atoms with Crippen LogP contribution in [0.2, 0.25) is 0 Å². The molecule has 0 spiro atoms. The monoisotopic (exact) mass is 417 g/mol. The highest BCUT2D eigenvalue weighted by molar-refractivity contribution is 5.92. The fourth-order valence-corrected chi connectivity index (χ4v) is 2.91. The van der Waals surface area contributed by atoms with Gasteiger partial charge in [0.1, 0.15) is 0 Å². The molecule has 0 saturated heterocycles. The van der Waals surface area contributed by atoms with E-state index in [4.69, 9.17) is 28.4 Å². The molecule has 162 valence electrons. The molecule has 0 atom stereocenters. The molecule has 0 fully saturated rings. The normalized spacial score (nSPS) is 10.5. The van der Waals surface area contributed by atoms with Crippen molar-refractivity contribution >= 4 is 12.0 Å². The first kappa shape index (κ1) is 22.7. The SMILES string of the molecule is COc1cc(CNC(=O)/C=C/c2ccc(OC)c(OC)c2OC)cc(OC)c1OC. The molecule has 0 aromatic heterocycles. The van der Waals surface area contributed by atoms with Crippen molar-refractivity contribution < 1.29 is 33.2 Å². The first-order chi connectivity index (χ1) is 14.5. The van der Waals surface area contributed by atoms with Crippen LogP contribution < -0.4 is 33.7 Å². The average Bonchev–Trinajstić information content (AvgIpc) is 2.79. The molecule has 1 N–H and O–H groups in total. The van der Waals surface area contributed by atoms with Crippen LogP contribution in [0, 0.1) is 0 Å². The van der Waals surface area contributed by atoms with E-state index in [9.17, 15) is 4.79 Å². The Hall–Kier alpha value is -3.55. The van der Waals surface area contributed by atoms with E-state index in [-0.39, 0.29) is 12.5 Å². The van der Waals surface area contributed by atoms with Gasteiger partial charge in [-0.3, -0.25) is 4.79 Å². The summed E-state index contributed by atoms with van der Waals surface area (Å²) in [4.78, 5) is 12.3. The molecule has 8 heteroatoms. The standard InChI is InChI=1S/C22H27NO7/c1-25-16-9-7-15(20(28-4)22(16)30-6)8-10-19(24)23-13-14-11-17(26-2)21(29-5)18(12-14)27-3/h7-12H,13H2,1-6H3,(H,23,24)/b10-8+. The third-order valence-electron chi connectivity index (χ3n) is 4.34. The largest absolute Gasteiger partial charge is 0.493 e. The number of carbonyl (C=O) groups excluding carboxylic acids is 1. The molecule has 8 nitrogen and oxygen atoms in total. The summed E-state index contributed by atoms with van der Waals surface area (Å²) in [6.45, 7) is 0.281. The van der Waals surface area contributed by atoms with Gasteiger partial charge in [0, 0.05) is 18.2 Å². The van der Waals surface area contributed by atoms with E-state index in [1.807, 2.05) is 0 Å². The molecule has 0 radical (unpaired) electrons. The minimum atomic E-state index is -0.277. The van der Waals surface area contributed by atoms with Crippen molar-refractivity contribution in [1.29, 1.82) is 0 Å². The van der Waals surface area contributed by atoms with E-state index in [2.05, 4.69) is 5.32 Å². The Morgan fingerprint density at radius 2 is 1.33 bits per heavy atom. The highest BCUT2D eigenvalue weighted by atomic mass is 16.5. The Kier molecular flexibility index (Phi) is 8.22. The number of benzene rings is 2. The van der Waals surface area contributed by atoms with Gasteiger partial charge >= 0.3 is 0 Å². The van der Waals surface area contributed by atoms with Gasteiger partial charge in [-0.1, -0.05) is 0 Å². The van der Waals surface area contributed by atoms with Gasteiger partial charge in [0.15, 0.2) is 23.0 Å². The maximum absolute atomic E-state index is 12.3. The number of nitrogens with one attached hydrogen (secondary N) is 1. The van der Waals surface area contributed by atoms with Gasteiger partial charge in [0.05, 0.1) is 42.7 Å². The maximum Gasteiger partial charge on any atom is 0.244 e. The molecular formula is C22H27NO7. The highest BCUT2D eigenvalue weighted by Crippen LogP contribution is 2.40. The number of methoxy groups -OCH3 is 6. The third-order valence-corrected chi connectivity index (χ3v) is 4.34. The minimum absolute atomic E-state index is 0.277. The highest BCUT2D eigenvalue weighted by Gasteiger charge is 2.15. The van der Waals surface area contributed by atoms with Gasteiger partial charge in [0.25, 0.3) is 0 Å². The number of hydrogen-bond donors (Lipinski definition) is 1. The molecule has 2 aromatic rings. The molecular weight excluding hydrogens is 390 g/mol. The summed E-state index contributed by atoms with van der Waals surface area (Å²) >= 11 is 0. The molecule has 0 heterocycles. The Labute approximate surface area is 176 Å². The predicted molar refractivity (Wildman–Crippen MR) is 113 cm³/mol. The molecule has 0 saturated carbocycles. The van der Waals surface area contributed by atoms with Crippen LogP contribution in [-0.2, 0) is 11.3 Å². The van der Waals surface area contributed by atoms with Crippen molar-refractivity contribution in [1.82, 2.24) is 5.32 Å². The summed E-state index contributed by atoms with van der Waals surface area (Å²) in [7, 11) is 9.22. The van der Waals surface area contributed by atoms with Crippen molar-refractivity contribution in [2.45, 2.75) is 6.54 Å². The number of rotatable bonds is 10. The summed E-state index contributed by atoms with van der Waals surface area (Å²) in [5.41, 5.74) is 1.48. The quantitative estimate of drug-likeness (QED) is 0.595. The van der Waals surface area contributed by atoms with Gasteiger partial charge in [-0.25, -0.2) is 0 Å². The lowest BCUT2D eigenvalue weighted by Gasteiger charge is -2.14. The van der Waals surface area contributed by atoms with E-state index in [1.165, 1.54) is 27.4 Å². The summed E-state index contributed by atoms with van der Waals surface area (Å²) in [5.74, 6) is 2.73. The van der Waals surface area contributed by atoms with E-state index in [0.717, 1.165) is 5.56 Å². The van der Waals surface area contributed by atoms with E-state index >= 15 is 0 Å². The lowest BCUT2D eigenvalue weighted by atomic mass is 10.1. The second kappa shape index (κ2) is 10.8. The molecule has 0 aliphatic rings. The van der Waals surface area contributed by atoms with Crippen LogP contribution in [0.3, 0.4) is 0 Å². The van der Waals surface area contributed by atoms with Gasteiger partial charge in [-0.15, -0.1) is 0 Å². The first-order valence-corrected chi connectivity index (χ1v) is 9.06. The van der Waals surface area contributed by atoms with E-state index in [1.54, 1.807) is 51.7 Å². The van der Waals surface area contributed by atoms with Crippen molar-refractivity contribution in [3.8, 4) is 34.5 Å². The van der Waals surface area contributed by atoms with Crippen LogP contribution in [0.4, 0.5) is 0 Å². The van der Waals surface area contributed by atoms with Crippen molar-refractivity contribution in [2.75, 3.05) is 42.7 Å². The Bertz CT molecular complexity index is 884. The fraction of sp³-hybridized carbons (Fsp3) is 0.318. The van der Waals surface area contributed by atoms with Gasteiger partial charge in [-0.05, 0) is 35.9 Å².